The molecule has 7 nitrogen and oxygen atoms in total. The number of anilines is 1. The highest BCUT2D eigenvalue weighted by molar-refractivity contribution is 9.10. The third-order valence-electron chi connectivity index (χ3n) is 5.69. The van der Waals surface area contributed by atoms with Gasteiger partial charge in [0.2, 0.25) is 11.8 Å². The predicted molar refractivity (Wildman–Crippen MR) is 155 cm³/mol. The van der Waals surface area contributed by atoms with Crippen LogP contribution in [0.1, 0.15) is 26.3 Å². The molecular weight excluding hydrogens is 613 g/mol. The first-order valence-electron chi connectivity index (χ1n) is 11.8. The summed E-state index contributed by atoms with van der Waals surface area (Å²) in [5.74, 6) is -0.997. The molecule has 0 unspecified atom stereocenters. The fourth-order valence-corrected chi connectivity index (χ4v) is 6.05. The zero-order chi connectivity index (χ0) is 28.0. The Balaban J connectivity index is 2.06. The average molecular weight is 641 g/mol. The van der Waals surface area contributed by atoms with E-state index in [1.807, 2.05) is 13.8 Å². The highest BCUT2D eigenvalue weighted by Crippen LogP contribution is 2.29. The number of rotatable bonds is 10. The maximum absolute atomic E-state index is 13.9. The molecule has 0 bridgehead atoms. The Kier molecular flexibility index (Phi) is 10.2. The van der Waals surface area contributed by atoms with Gasteiger partial charge >= 0.3 is 0 Å². The van der Waals surface area contributed by atoms with Crippen molar-refractivity contribution in [1.29, 1.82) is 0 Å². The van der Waals surface area contributed by atoms with Crippen molar-refractivity contribution in [3.05, 3.63) is 92.9 Å². The summed E-state index contributed by atoms with van der Waals surface area (Å²) in [6.45, 7) is 4.54. The molecule has 2 amide bonds. The molecule has 0 aliphatic carbocycles. The monoisotopic (exact) mass is 639 g/mol. The lowest BCUT2D eigenvalue weighted by atomic mass is 10.1. The molecule has 0 heterocycles. The Hall–Kier alpha value is -2.59. The molecule has 3 aromatic carbocycles. The number of benzene rings is 3. The summed E-state index contributed by atoms with van der Waals surface area (Å²) in [7, 11) is -4.14. The molecule has 0 spiro atoms. The number of carbonyl (C=O) groups is 2. The van der Waals surface area contributed by atoms with Gasteiger partial charge in [-0.1, -0.05) is 69.5 Å². The minimum Gasteiger partial charge on any atom is -0.352 e. The number of carbonyl (C=O) groups excluding carboxylic acids is 2. The third kappa shape index (κ3) is 7.28. The van der Waals surface area contributed by atoms with E-state index in [1.54, 1.807) is 67.6 Å². The SMILES string of the molecule is CC(C)NC(=O)[C@H](C)N(Cc1c(Cl)cccc1Cl)C(=O)CN(c1cccc(Br)c1)S(=O)(=O)c1ccccc1. The van der Waals surface area contributed by atoms with E-state index in [2.05, 4.69) is 21.2 Å². The van der Waals surface area contributed by atoms with E-state index in [9.17, 15) is 18.0 Å². The van der Waals surface area contributed by atoms with Crippen molar-refractivity contribution in [2.24, 2.45) is 0 Å². The molecule has 0 aliphatic rings. The lowest BCUT2D eigenvalue weighted by molar-refractivity contribution is -0.139. The number of hydrogen-bond donors (Lipinski definition) is 1. The molecule has 0 saturated heterocycles. The van der Waals surface area contributed by atoms with Crippen LogP contribution in [-0.2, 0) is 26.2 Å². The van der Waals surface area contributed by atoms with Crippen LogP contribution in [0.3, 0.4) is 0 Å². The number of halogens is 3. The van der Waals surface area contributed by atoms with Crippen molar-refractivity contribution >= 4 is 66.7 Å². The van der Waals surface area contributed by atoms with Crippen LogP contribution < -0.4 is 9.62 Å². The number of nitrogens with one attached hydrogen (secondary N) is 1. The molecule has 3 aromatic rings. The summed E-state index contributed by atoms with van der Waals surface area (Å²) in [6.07, 6.45) is 0. The molecule has 0 radical (unpaired) electrons. The van der Waals surface area contributed by atoms with Crippen LogP contribution in [0.5, 0.6) is 0 Å². The van der Waals surface area contributed by atoms with Gasteiger partial charge in [-0.2, -0.15) is 0 Å². The second kappa shape index (κ2) is 13.0. The highest BCUT2D eigenvalue weighted by atomic mass is 79.9. The second-order valence-electron chi connectivity index (χ2n) is 8.87. The van der Waals surface area contributed by atoms with E-state index in [0.29, 0.717) is 20.1 Å². The first-order chi connectivity index (χ1) is 17.9. The summed E-state index contributed by atoms with van der Waals surface area (Å²) in [5.41, 5.74) is 0.736. The largest absolute Gasteiger partial charge is 0.352 e. The van der Waals surface area contributed by atoms with E-state index in [0.717, 1.165) is 4.31 Å². The van der Waals surface area contributed by atoms with Crippen LogP contribution in [0, 0.1) is 0 Å². The lowest BCUT2D eigenvalue weighted by Crippen LogP contribution is -2.52. The number of sulfonamides is 1. The van der Waals surface area contributed by atoms with Gasteiger partial charge in [0.15, 0.2) is 0 Å². The van der Waals surface area contributed by atoms with Crippen molar-refractivity contribution in [3.63, 3.8) is 0 Å². The number of nitrogens with zero attached hydrogens (tertiary/aromatic N) is 2. The zero-order valence-corrected chi connectivity index (χ0v) is 25.0. The van der Waals surface area contributed by atoms with Gasteiger partial charge < -0.3 is 10.2 Å². The van der Waals surface area contributed by atoms with Crippen molar-refractivity contribution in [3.8, 4) is 0 Å². The maximum Gasteiger partial charge on any atom is 0.264 e. The molecular formula is C27H28BrCl2N3O4S. The van der Waals surface area contributed by atoms with Gasteiger partial charge in [0.1, 0.15) is 12.6 Å². The van der Waals surface area contributed by atoms with Gasteiger partial charge in [-0.05, 0) is 63.2 Å². The van der Waals surface area contributed by atoms with Crippen molar-refractivity contribution in [2.45, 2.75) is 44.3 Å². The zero-order valence-electron chi connectivity index (χ0n) is 21.1. The van der Waals surface area contributed by atoms with Crippen LogP contribution >= 0.6 is 39.1 Å². The Bertz CT molecular complexity index is 1380. The highest BCUT2D eigenvalue weighted by Gasteiger charge is 2.33. The molecule has 202 valence electrons. The molecule has 38 heavy (non-hydrogen) atoms. The Morgan fingerprint density at radius 2 is 1.53 bits per heavy atom. The van der Waals surface area contributed by atoms with Crippen molar-refractivity contribution in [2.75, 3.05) is 10.8 Å². The van der Waals surface area contributed by atoms with Gasteiger partial charge in [0, 0.05) is 32.7 Å². The molecule has 3 rings (SSSR count). The van der Waals surface area contributed by atoms with E-state index in [4.69, 9.17) is 23.2 Å². The quantitative estimate of drug-likeness (QED) is 0.299. The van der Waals surface area contributed by atoms with Gasteiger partial charge in [0.25, 0.3) is 10.0 Å². The third-order valence-corrected chi connectivity index (χ3v) is 8.68. The first-order valence-corrected chi connectivity index (χ1v) is 14.8. The standard InChI is InChI=1S/C27H28BrCl2N3O4S/c1-18(2)31-27(35)19(3)32(16-23-24(29)13-8-14-25(23)30)26(34)17-33(21-10-7-9-20(28)15-21)38(36,37)22-11-5-4-6-12-22/h4-15,18-19H,16-17H2,1-3H3,(H,31,35)/t19-/m0/s1. The fraction of sp³-hybridized carbons (Fsp3) is 0.259. The molecule has 0 aromatic heterocycles. The molecule has 1 N–H and O–H groups in total. The van der Waals surface area contributed by atoms with E-state index in [-0.39, 0.29) is 23.2 Å². The van der Waals surface area contributed by atoms with Crippen molar-refractivity contribution in [1.82, 2.24) is 10.2 Å². The summed E-state index contributed by atoms with van der Waals surface area (Å²) < 4.78 is 29.1. The topological polar surface area (TPSA) is 86.8 Å². The summed E-state index contributed by atoms with van der Waals surface area (Å²) in [4.78, 5) is 28.2. The van der Waals surface area contributed by atoms with Crippen LogP contribution in [0.25, 0.3) is 0 Å². The molecule has 0 fully saturated rings. The van der Waals surface area contributed by atoms with E-state index < -0.39 is 34.4 Å². The second-order valence-corrected chi connectivity index (χ2v) is 12.5. The summed E-state index contributed by atoms with van der Waals surface area (Å²) in [6, 6.07) is 18.3. The molecule has 0 saturated carbocycles. The number of amides is 2. The predicted octanol–water partition coefficient (Wildman–Crippen LogP) is 5.89. The van der Waals surface area contributed by atoms with Gasteiger partial charge in [-0.25, -0.2) is 8.42 Å². The van der Waals surface area contributed by atoms with Crippen molar-refractivity contribution < 1.29 is 18.0 Å². The first kappa shape index (κ1) is 30.0. The van der Waals surface area contributed by atoms with Gasteiger partial charge in [-0.3, -0.25) is 13.9 Å². The van der Waals surface area contributed by atoms with Gasteiger partial charge in [-0.15, -0.1) is 0 Å². The number of hydrogen-bond acceptors (Lipinski definition) is 4. The van der Waals surface area contributed by atoms with Crippen LogP contribution in [0.15, 0.2) is 82.2 Å². The minimum absolute atomic E-state index is 0.0269. The summed E-state index contributed by atoms with van der Waals surface area (Å²) in [5, 5.41) is 3.46. The van der Waals surface area contributed by atoms with E-state index >= 15 is 0 Å². The average Bonchev–Trinajstić information content (AvgIpc) is 2.86. The lowest BCUT2D eigenvalue weighted by Gasteiger charge is -2.32. The Morgan fingerprint density at radius 1 is 0.921 bits per heavy atom. The molecule has 11 heteroatoms. The van der Waals surface area contributed by atoms with Crippen LogP contribution in [0.2, 0.25) is 10.0 Å². The molecule has 1 atom stereocenters. The normalized spacial score (nSPS) is 12.2. The minimum atomic E-state index is -4.14. The Morgan fingerprint density at radius 3 is 2.11 bits per heavy atom. The van der Waals surface area contributed by atoms with Crippen LogP contribution in [0.4, 0.5) is 5.69 Å². The van der Waals surface area contributed by atoms with Crippen LogP contribution in [-0.4, -0.2) is 43.8 Å². The van der Waals surface area contributed by atoms with Gasteiger partial charge in [0.05, 0.1) is 10.6 Å². The molecule has 0 aliphatic heterocycles. The van der Waals surface area contributed by atoms with E-state index in [1.165, 1.54) is 17.0 Å². The summed E-state index contributed by atoms with van der Waals surface area (Å²) >= 11 is 16.1. The smallest absolute Gasteiger partial charge is 0.264 e. The Labute approximate surface area is 241 Å². The fourth-order valence-electron chi connectivity index (χ4n) is 3.72. The maximum atomic E-state index is 13.9.